The van der Waals surface area contributed by atoms with Crippen LogP contribution in [0.3, 0.4) is 0 Å². The van der Waals surface area contributed by atoms with Gasteiger partial charge in [0.15, 0.2) is 0 Å². The molecule has 1 aliphatic carbocycles. The number of thiophene rings is 1. The lowest BCUT2D eigenvalue weighted by Gasteiger charge is -2.19. The molecule has 0 radical (unpaired) electrons. The number of carbonyl (C=O) groups is 1. The Balaban J connectivity index is 1.69. The Kier molecular flexibility index (Phi) is 4.06. The molecule has 1 heterocycles. The highest BCUT2D eigenvalue weighted by molar-refractivity contribution is 7.09. The summed E-state index contributed by atoms with van der Waals surface area (Å²) in [6.07, 6.45) is 5.72. The molecule has 0 saturated heterocycles. The normalized spacial score (nSPS) is 14.5. The van der Waals surface area contributed by atoms with E-state index in [1.165, 1.54) is 4.88 Å². The molecule has 1 saturated carbocycles. The largest absolute Gasteiger partial charge is 0.399 e. The molecular formula is C17H18N2OS. The maximum Gasteiger partial charge on any atom is 0.247 e. The molecule has 1 aliphatic rings. The number of nitrogen functional groups attached to an aromatic ring is 1. The number of hydrogen-bond acceptors (Lipinski definition) is 3. The second kappa shape index (κ2) is 6.14. The van der Waals surface area contributed by atoms with Crippen LogP contribution in [0.1, 0.15) is 23.3 Å². The van der Waals surface area contributed by atoms with Gasteiger partial charge in [-0.1, -0.05) is 18.2 Å². The average Bonchev–Trinajstić information content (AvgIpc) is 3.19. The number of benzene rings is 1. The lowest BCUT2D eigenvalue weighted by atomic mass is 10.2. The van der Waals surface area contributed by atoms with Crippen molar-refractivity contribution in [2.45, 2.75) is 25.4 Å². The molecule has 3 rings (SSSR count). The lowest BCUT2D eigenvalue weighted by molar-refractivity contribution is -0.127. The molecule has 1 amide bonds. The highest BCUT2D eigenvalue weighted by Gasteiger charge is 2.31. The first-order valence-corrected chi connectivity index (χ1v) is 7.97. The minimum atomic E-state index is 0.0772. The zero-order chi connectivity index (χ0) is 14.7. The number of hydrogen-bond donors (Lipinski definition) is 1. The van der Waals surface area contributed by atoms with Gasteiger partial charge in [0.1, 0.15) is 0 Å². The Bertz CT molecular complexity index is 645. The SMILES string of the molecule is Nc1cccc(/C=C/C(=O)N(Cc2cccs2)C2CC2)c1. The second-order valence-electron chi connectivity index (χ2n) is 5.28. The van der Waals surface area contributed by atoms with Crippen LogP contribution in [-0.2, 0) is 11.3 Å². The van der Waals surface area contributed by atoms with Crippen LogP contribution >= 0.6 is 11.3 Å². The van der Waals surface area contributed by atoms with Crippen LogP contribution in [0.25, 0.3) is 6.08 Å². The smallest absolute Gasteiger partial charge is 0.247 e. The molecular weight excluding hydrogens is 280 g/mol. The van der Waals surface area contributed by atoms with Crippen LogP contribution in [0.2, 0.25) is 0 Å². The second-order valence-corrected chi connectivity index (χ2v) is 6.31. The van der Waals surface area contributed by atoms with Crippen LogP contribution < -0.4 is 5.73 Å². The molecule has 1 fully saturated rings. The summed E-state index contributed by atoms with van der Waals surface area (Å²) in [5, 5.41) is 2.05. The summed E-state index contributed by atoms with van der Waals surface area (Å²) in [5.41, 5.74) is 7.41. The monoisotopic (exact) mass is 298 g/mol. The highest BCUT2D eigenvalue weighted by atomic mass is 32.1. The van der Waals surface area contributed by atoms with Crippen LogP contribution in [0.4, 0.5) is 5.69 Å². The van der Waals surface area contributed by atoms with Gasteiger partial charge in [0.2, 0.25) is 5.91 Å². The van der Waals surface area contributed by atoms with E-state index in [1.54, 1.807) is 17.4 Å². The fourth-order valence-corrected chi connectivity index (χ4v) is 2.97. The summed E-state index contributed by atoms with van der Waals surface area (Å²) >= 11 is 1.70. The number of nitrogens with two attached hydrogens (primary N) is 1. The van der Waals surface area contributed by atoms with E-state index < -0.39 is 0 Å². The molecule has 21 heavy (non-hydrogen) atoms. The Labute approximate surface area is 128 Å². The summed E-state index contributed by atoms with van der Waals surface area (Å²) in [5.74, 6) is 0.0772. The fraction of sp³-hybridized carbons (Fsp3) is 0.235. The predicted octanol–water partition coefficient (Wildman–Crippen LogP) is 3.53. The number of amides is 1. The minimum Gasteiger partial charge on any atom is -0.399 e. The third-order valence-corrected chi connectivity index (χ3v) is 4.37. The Morgan fingerprint density at radius 3 is 2.86 bits per heavy atom. The fourth-order valence-electron chi connectivity index (χ4n) is 2.27. The lowest BCUT2D eigenvalue weighted by Crippen LogP contribution is -2.30. The summed E-state index contributed by atoms with van der Waals surface area (Å²) in [6.45, 7) is 0.711. The van der Waals surface area contributed by atoms with Gasteiger partial charge in [-0.25, -0.2) is 0 Å². The molecule has 2 N–H and O–H groups in total. The van der Waals surface area contributed by atoms with Crippen molar-refractivity contribution in [2.75, 3.05) is 5.73 Å². The van der Waals surface area contributed by atoms with E-state index in [4.69, 9.17) is 5.73 Å². The zero-order valence-corrected chi connectivity index (χ0v) is 12.6. The van der Waals surface area contributed by atoms with E-state index in [-0.39, 0.29) is 5.91 Å². The van der Waals surface area contributed by atoms with E-state index in [1.807, 2.05) is 46.7 Å². The van der Waals surface area contributed by atoms with Gasteiger partial charge in [-0.05, 0) is 48.1 Å². The number of anilines is 1. The molecule has 3 nitrogen and oxygen atoms in total. The summed E-state index contributed by atoms with van der Waals surface area (Å²) < 4.78 is 0. The molecule has 0 spiro atoms. The highest BCUT2D eigenvalue weighted by Crippen LogP contribution is 2.29. The zero-order valence-electron chi connectivity index (χ0n) is 11.7. The third-order valence-electron chi connectivity index (χ3n) is 3.51. The van der Waals surface area contributed by atoms with Crippen molar-refractivity contribution in [2.24, 2.45) is 0 Å². The van der Waals surface area contributed by atoms with E-state index in [9.17, 15) is 4.79 Å². The van der Waals surface area contributed by atoms with E-state index in [0.717, 1.165) is 18.4 Å². The van der Waals surface area contributed by atoms with Gasteiger partial charge in [-0.15, -0.1) is 11.3 Å². The van der Waals surface area contributed by atoms with Crippen molar-refractivity contribution in [3.8, 4) is 0 Å². The number of rotatable bonds is 5. The van der Waals surface area contributed by atoms with E-state index >= 15 is 0 Å². The summed E-state index contributed by atoms with van der Waals surface area (Å²) in [7, 11) is 0. The molecule has 0 unspecified atom stereocenters. The summed E-state index contributed by atoms with van der Waals surface area (Å²) in [4.78, 5) is 15.6. The maximum absolute atomic E-state index is 12.4. The number of nitrogens with zero attached hydrogens (tertiary/aromatic N) is 1. The van der Waals surface area contributed by atoms with Crippen molar-refractivity contribution in [1.29, 1.82) is 0 Å². The molecule has 4 heteroatoms. The third kappa shape index (κ3) is 3.73. The van der Waals surface area contributed by atoms with Crippen molar-refractivity contribution in [1.82, 2.24) is 4.90 Å². The molecule has 2 aromatic rings. The topological polar surface area (TPSA) is 46.3 Å². The van der Waals surface area contributed by atoms with E-state index in [2.05, 4.69) is 6.07 Å². The van der Waals surface area contributed by atoms with Gasteiger partial charge in [0, 0.05) is 22.7 Å². The quantitative estimate of drug-likeness (QED) is 0.678. The Morgan fingerprint density at radius 1 is 1.33 bits per heavy atom. The summed E-state index contributed by atoms with van der Waals surface area (Å²) in [6, 6.07) is 12.1. The molecule has 0 bridgehead atoms. The first-order chi connectivity index (χ1) is 10.2. The van der Waals surface area contributed by atoms with E-state index in [0.29, 0.717) is 18.3 Å². The van der Waals surface area contributed by atoms with Crippen molar-refractivity contribution >= 4 is 29.0 Å². The van der Waals surface area contributed by atoms with Gasteiger partial charge in [0.05, 0.1) is 6.54 Å². The van der Waals surface area contributed by atoms with Crippen molar-refractivity contribution in [3.05, 3.63) is 58.3 Å². The first kappa shape index (κ1) is 13.9. The van der Waals surface area contributed by atoms with Gasteiger partial charge < -0.3 is 10.6 Å². The molecule has 0 aliphatic heterocycles. The van der Waals surface area contributed by atoms with Gasteiger partial charge in [0.25, 0.3) is 0 Å². The van der Waals surface area contributed by atoms with Crippen LogP contribution in [0.15, 0.2) is 47.9 Å². The van der Waals surface area contributed by atoms with Crippen molar-refractivity contribution < 1.29 is 4.79 Å². The van der Waals surface area contributed by atoms with Gasteiger partial charge in [-0.3, -0.25) is 4.79 Å². The molecule has 1 aromatic carbocycles. The van der Waals surface area contributed by atoms with Crippen LogP contribution in [0.5, 0.6) is 0 Å². The standard InChI is InChI=1S/C17H18N2OS/c18-14-4-1-3-13(11-14)6-9-17(20)19(15-7-8-15)12-16-5-2-10-21-16/h1-6,9-11,15H,7-8,12,18H2/b9-6+. The minimum absolute atomic E-state index is 0.0772. The first-order valence-electron chi connectivity index (χ1n) is 7.09. The Hall–Kier alpha value is -2.07. The van der Waals surface area contributed by atoms with Crippen LogP contribution in [-0.4, -0.2) is 16.8 Å². The molecule has 1 aromatic heterocycles. The maximum atomic E-state index is 12.4. The van der Waals surface area contributed by atoms with Crippen molar-refractivity contribution in [3.63, 3.8) is 0 Å². The average molecular weight is 298 g/mol. The number of carbonyl (C=O) groups excluding carboxylic acids is 1. The van der Waals surface area contributed by atoms with Crippen LogP contribution in [0, 0.1) is 0 Å². The molecule has 0 atom stereocenters. The predicted molar refractivity (Wildman–Crippen MR) is 87.8 cm³/mol. The Morgan fingerprint density at radius 2 is 2.19 bits per heavy atom. The molecule has 108 valence electrons. The van der Waals surface area contributed by atoms with Gasteiger partial charge in [-0.2, -0.15) is 0 Å². The van der Waals surface area contributed by atoms with Gasteiger partial charge >= 0.3 is 0 Å².